The first-order valence-corrected chi connectivity index (χ1v) is 25.2. The number of nitrogens with zero attached hydrogens (tertiary/aromatic N) is 5. The minimum absolute atomic E-state index is 0. The predicted molar refractivity (Wildman–Crippen MR) is 250 cm³/mol. The number of halogens is 6. The molecule has 5 aromatic rings. The van der Waals surface area contributed by atoms with Crippen LogP contribution in [0, 0.1) is 11.8 Å². The first-order valence-electron chi connectivity index (χ1n) is 22.2. The van der Waals surface area contributed by atoms with Crippen molar-refractivity contribution in [2.24, 2.45) is 11.8 Å². The molecule has 3 N–H and O–H groups in total. The summed E-state index contributed by atoms with van der Waals surface area (Å²) in [6.45, 7) is 2.43. The Morgan fingerprint density at radius 3 is 1.42 bits per heavy atom. The SMILES string of the molecule is C.O=C(Nc1ccnnc1)N1CCC(C2(S(=O)(=O)c3ccc(OC(F)(F)F)cc3)CC2)CC1.O=C(Nc1ccnnc1)Oc1ccccc1.O=S(=O)(c1ccc(OC(F)(F)F)cc1)C1(C2CCNCC2)CC1. The number of amides is 3. The van der Waals surface area contributed by atoms with Crippen molar-refractivity contribution in [1.29, 1.82) is 0 Å². The molecule has 25 heteroatoms. The third-order valence-electron chi connectivity index (χ3n) is 12.5. The molecular weight excluding hydrogens is 999 g/mol. The Labute approximate surface area is 411 Å². The first-order chi connectivity index (χ1) is 33.7. The predicted octanol–water partition coefficient (Wildman–Crippen LogP) is 9.24. The van der Waals surface area contributed by atoms with E-state index in [0.717, 1.165) is 62.3 Å². The second-order valence-electron chi connectivity index (χ2n) is 17.0. The number of alkyl halides is 6. The van der Waals surface area contributed by atoms with Crippen molar-refractivity contribution in [3.8, 4) is 17.2 Å². The summed E-state index contributed by atoms with van der Waals surface area (Å²) >= 11 is 0. The van der Waals surface area contributed by atoms with Crippen LogP contribution in [0.4, 0.5) is 47.3 Å². The van der Waals surface area contributed by atoms with Crippen LogP contribution in [0.25, 0.3) is 0 Å². The number of anilines is 2. The van der Waals surface area contributed by atoms with E-state index < -0.39 is 59.5 Å². The van der Waals surface area contributed by atoms with Crippen molar-refractivity contribution < 1.29 is 67.0 Å². The second-order valence-corrected chi connectivity index (χ2v) is 21.6. The summed E-state index contributed by atoms with van der Waals surface area (Å²) in [4.78, 5) is 25.5. The fourth-order valence-corrected chi connectivity index (χ4v) is 13.3. The van der Waals surface area contributed by atoms with Gasteiger partial charge in [0.25, 0.3) is 0 Å². The van der Waals surface area contributed by atoms with Crippen LogP contribution in [0.5, 0.6) is 17.2 Å². The maximum atomic E-state index is 13.3. The number of nitrogens with one attached hydrogen (secondary N) is 3. The minimum atomic E-state index is -4.84. The highest BCUT2D eigenvalue weighted by molar-refractivity contribution is 7.93. The van der Waals surface area contributed by atoms with Gasteiger partial charge in [0.15, 0.2) is 19.7 Å². The lowest BCUT2D eigenvalue weighted by atomic mass is 9.91. The number of hydrogen-bond donors (Lipinski definition) is 3. The van der Waals surface area contributed by atoms with E-state index in [1.807, 2.05) is 6.07 Å². The number of carbonyl (C=O) groups excluding carboxylic acids is 2. The number of ether oxygens (including phenoxy) is 3. The van der Waals surface area contributed by atoms with E-state index in [-0.39, 0.29) is 35.1 Å². The van der Waals surface area contributed by atoms with E-state index in [2.05, 4.69) is 45.8 Å². The smallest absolute Gasteiger partial charge is 0.410 e. The monoisotopic (exact) mass is 1050 g/mol. The number of hydrogen-bond acceptors (Lipinski definition) is 14. The Morgan fingerprint density at radius 1 is 0.583 bits per heavy atom. The third-order valence-corrected chi connectivity index (χ3v) is 17.9. The summed E-state index contributed by atoms with van der Waals surface area (Å²) in [5, 5.41) is 23.0. The van der Waals surface area contributed by atoms with Gasteiger partial charge in [-0.3, -0.25) is 5.32 Å². The molecule has 2 aromatic heterocycles. The number of urea groups is 1. The molecule has 9 rings (SSSR count). The van der Waals surface area contributed by atoms with E-state index in [1.165, 1.54) is 36.9 Å². The summed E-state index contributed by atoms with van der Waals surface area (Å²) in [7, 11) is -7.30. The van der Waals surface area contributed by atoms with Gasteiger partial charge in [0, 0.05) is 13.1 Å². The zero-order chi connectivity index (χ0) is 50.9. The number of para-hydroxylation sites is 1. The van der Waals surface area contributed by atoms with Crippen molar-refractivity contribution in [2.75, 3.05) is 36.8 Å². The summed E-state index contributed by atoms with van der Waals surface area (Å²) in [6.07, 6.45) is 0.554. The Kier molecular flexibility index (Phi) is 17.4. The Bertz CT molecular complexity index is 2740. The highest BCUT2D eigenvalue weighted by atomic mass is 32.2. The Balaban J connectivity index is 0.000000186. The van der Waals surface area contributed by atoms with E-state index in [0.29, 0.717) is 68.7 Å². The van der Waals surface area contributed by atoms with Crippen LogP contribution in [0.3, 0.4) is 0 Å². The lowest BCUT2D eigenvalue weighted by molar-refractivity contribution is -0.275. The highest BCUT2D eigenvalue weighted by Crippen LogP contribution is 2.56. The van der Waals surface area contributed by atoms with Crippen LogP contribution in [0.15, 0.2) is 126 Å². The van der Waals surface area contributed by atoms with Crippen molar-refractivity contribution >= 4 is 43.2 Å². The summed E-state index contributed by atoms with van der Waals surface area (Å²) in [5.41, 5.74) is 1.06. The number of aromatic nitrogens is 4. The molecule has 0 atom stereocenters. The molecule has 4 aliphatic rings. The molecular formula is C47H52F6N8O9S2. The van der Waals surface area contributed by atoms with Crippen LogP contribution in [-0.4, -0.2) is 103 Å². The van der Waals surface area contributed by atoms with Crippen LogP contribution < -0.4 is 30.2 Å². The number of rotatable bonds is 11. The number of carbonyl (C=O) groups is 2. The molecule has 4 heterocycles. The molecule has 4 fully saturated rings. The number of benzene rings is 3. The van der Waals surface area contributed by atoms with Gasteiger partial charge < -0.3 is 29.7 Å². The van der Waals surface area contributed by atoms with E-state index in [4.69, 9.17) is 4.74 Å². The third kappa shape index (κ3) is 13.9. The minimum Gasteiger partial charge on any atom is -0.410 e. The number of likely N-dealkylation sites (tertiary alicyclic amines) is 1. The van der Waals surface area contributed by atoms with Gasteiger partial charge >= 0.3 is 24.8 Å². The lowest BCUT2D eigenvalue weighted by Gasteiger charge is -2.36. The molecule has 0 radical (unpaired) electrons. The van der Waals surface area contributed by atoms with Gasteiger partial charge in [-0.1, -0.05) is 25.6 Å². The lowest BCUT2D eigenvalue weighted by Crippen LogP contribution is -2.45. The Hall–Kier alpha value is -6.60. The maximum absolute atomic E-state index is 13.3. The molecule has 0 spiro atoms. The Morgan fingerprint density at radius 2 is 1.01 bits per heavy atom. The molecule has 2 saturated carbocycles. The zero-order valence-corrected chi connectivity index (χ0v) is 39.2. The highest BCUT2D eigenvalue weighted by Gasteiger charge is 2.61. The topological polar surface area (TPSA) is 221 Å². The van der Waals surface area contributed by atoms with Crippen molar-refractivity contribution in [3.05, 3.63) is 116 Å². The van der Waals surface area contributed by atoms with Gasteiger partial charge in [0.1, 0.15) is 17.2 Å². The van der Waals surface area contributed by atoms with Gasteiger partial charge in [0.2, 0.25) is 0 Å². The second kappa shape index (κ2) is 22.9. The summed E-state index contributed by atoms with van der Waals surface area (Å²) < 4.78 is 137. The fourth-order valence-electron chi connectivity index (χ4n) is 8.78. The molecule has 2 aliphatic heterocycles. The van der Waals surface area contributed by atoms with Crippen molar-refractivity contribution in [3.63, 3.8) is 0 Å². The quantitative estimate of drug-likeness (QED) is 0.105. The molecule has 3 amide bonds. The van der Waals surface area contributed by atoms with Gasteiger partial charge in [0.05, 0.1) is 55.4 Å². The van der Waals surface area contributed by atoms with E-state index in [1.54, 1.807) is 41.3 Å². The number of piperidine rings is 2. The average Bonchev–Trinajstić information content (AvgIpc) is 4.29. The molecule has 0 unspecified atom stereocenters. The largest absolute Gasteiger partial charge is 0.573 e. The van der Waals surface area contributed by atoms with Crippen LogP contribution in [-0.2, 0) is 19.7 Å². The van der Waals surface area contributed by atoms with E-state index >= 15 is 0 Å². The molecule has 388 valence electrons. The fraction of sp³-hybridized carbons (Fsp3) is 0.404. The van der Waals surface area contributed by atoms with Crippen LogP contribution in [0.2, 0.25) is 0 Å². The molecule has 17 nitrogen and oxygen atoms in total. The van der Waals surface area contributed by atoms with Crippen LogP contribution >= 0.6 is 0 Å². The van der Waals surface area contributed by atoms with Gasteiger partial charge in [-0.05, 0) is 149 Å². The summed E-state index contributed by atoms with van der Waals surface area (Å²) in [6, 6.07) is 20.6. The molecule has 2 saturated heterocycles. The van der Waals surface area contributed by atoms with Crippen LogP contribution in [0.1, 0.15) is 58.8 Å². The molecule has 0 bridgehead atoms. The summed E-state index contributed by atoms with van der Waals surface area (Å²) in [5.74, 6) is -0.416. The van der Waals surface area contributed by atoms with Crippen molar-refractivity contribution in [2.45, 2.75) is 90.8 Å². The molecule has 2 aliphatic carbocycles. The first kappa shape index (κ1) is 54.7. The van der Waals surface area contributed by atoms with E-state index in [9.17, 15) is 52.8 Å². The number of sulfone groups is 2. The normalized spacial score (nSPS) is 17.4. The average molecular weight is 1050 g/mol. The molecule has 3 aromatic carbocycles. The standard InChI is InChI=1S/C20H21F3N4O4S.C15H18F3NO3S.C11H9N3O2.CH4/c21-20(22,23)31-16-1-3-17(4-2-16)32(29,30)19(8-9-19)14-6-11-27(12-7-14)18(28)26-15-5-10-24-25-13-15;16-15(17,18)22-12-1-3-13(4-2-12)23(20,21)14(7-8-14)11-5-9-19-10-6-11;15-11(14-9-6-7-12-13-8-9)16-10-4-2-1-3-5-10;/h1-5,10,13-14H,6-9,11-12H2,(H,24,26,28);1-4,11,19H,5-10H2;1-8H,(H,12,14,15);1H4. The maximum Gasteiger partial charge on any atom is 0.573 e. The molecule has 72 heavy (non-hydrogen) atoms. The van der Waals surface area contributed by atoms with Gasteiger partial charge in [-0.25, -0.2) is 26.4 Å². The van der Waals surface area contributed by atoms with Gasteiger partial charge in [-0.2, -0.15) is 20.4 Å². The zero-order valence-electron chi connectivity index (χ0n) is 37.6. The van der Waals surface area contributed by atoms with Crippen molar-refractivity contribution in [1.82, 2.24) is 30.6 Å². The van der Waals surface area contributed by atoms with Gasteiger partial charge in [-0.15, -0.1) is 26.3 Å².